The second kappa shape index (κ2) is 12.6. The number of hydrogen-bond acceptors (Lipinski definition) is 4. The van der Waals surface area contributed by atoms with Gasteiger partial charge in [0.25, 0.3) is 0 Å². The predicted molar refractivity (Wildman–Crippen MR) is 124 cm³/mol. The van der Waals surface area contributed by atoms with Gasteiger partial charge in [0.2, 0.25) is 0 Å². The lowest BCUT2D eigenvalue weighted by Crippen LogP contribution is -2.42. The minimum Gasteiger partial charge on any atom is -0.463 e. The molecule has 3 N–H and O–H groups in total. The van der Waals surface area contributed by atoms with E-state index in [-0.39, 0.29) is 30.5 Å². The maximum atomic E-state index is 10.6. The van der Waals surface area contributed by atoms with Crippen LogP contribution in [-0.4, -0.2) is 54.2 Å². The topological polar surface area (TPSA) is 73.0 Å². The van der Waals surface area contributed by atoms with Gasteiger partial charge >= 0.3 is 0 Å². The number of rotatable bonds is 10. The van der Waals surface area contributed by atoms with E-state index in [9.17, 15) is 5.11 Å². The minimum atomic E-state index is -1.12. The zero-order chi connectivity index (χ0) is 19.7. The summed E-state index contributed by atoms with van der Waals surface area (Å²) in [6, 6.07) is 4.75. The molecule has 27 heavy (non-hydrogen) atoms. The third-order valence-corrected chi connectivity index (χ3v) is 4.37. The number of guanidine groups is 1. The highest BCUT2D eigenvalue weighted by atomic mass is 127. The molecule has 0 saturated heterocycles. The van der Waals surface area contributed by atoms with Crippen LogP contribution in [0.1, 0.15) is 59.5 Å². The summed E-state index contributed by atoms with van der Waals surface area (Å²) in [6.45, 7) is 17.5. The van der Waals surface area contributed by atoms with Crippen molar-refractivity contribution >= 4 is 29.9 Å². The van der Waals surface area contributed by atoms with Gasteiger partial charge < -0.3 is 20.2 Å². The number of furan rings is 1. The molecule has 0 aliphatic heterocycles. The van der Waals surface area contributed by atoms with Gasteiger partial charge in [-0.15, -0.1) is 24.0 Å². The predicted octanol–water partition coefficient (Wildman–Crippen LogP) is 3.48. The molecular weight excluding hydrogens is 455 g/mol. The smallest absolute Gasteiger partial charge is 0.191 e. The van der Waals surface area contributed by atoms with Gasteiger partial charge in [-0.25, -0.2) is 4.99 Å². The molecule has 0 bridgehead atoms. The first-order valence-corrected chi connectivity index (χ1v) is 9.74. The van der Waals surface area contributed by atoms with E-state index in [4.69, 9.17) is 4.42 Å². The van der Waals surface area contributed by atoms with E-state index in [0.29, 0.717) is 17.8 Å². The molecule has 0 aliphatic carbocycles. The summed E-state index contributed by atoms with van der Waals surface area (Å²) in [5, 5.41) is 17.2. The molecule has 7 heteroatoms. The first-order chi connectivity index (χ1) is 12.2. The normalized spacial score (nSPS) is 14.4. The number of aliphatic imine (C=N–C) groups is 1. The van der Waals surface area contributed by atoms with Crippen molar-refractivity contribution in [2.75, 3.05) is 26.2 Å². The van der Waals surface area contributed by atoms with Crippen molar-refractivity contribution in [3.8, 4) is 0 Å². The molecule has 0 spiro atoms. The van der Waals surface area contributed by atoms with Gasteiger partial charge in [-0.3, -0.25) is 4.90 Å². The molecule has 1 unspecified atom stereocenters. The highest BCUT2D eigenvalue weighted by Gasteiger charge is 2.26. The van der Waals surface area contributed by atoms with E-state index in [0.717, 1.165) is 37.8 Å². The average Bonchev–Trinajstić information content (AvgIpc) is 2.99. The number of nitrogens with zero attached hydrogens (tertiary/aromatic N) is 2. The molecule has 0 radical (unpaired) electrons. The lowest BCUT2D eigenvalue weighted by molar-refractivity contribution is 0.0428. The van der Waals surface area contributed by atoms with Crippen LogP contribution in [0.15, 0.2) is 21.5 Å². The summed E-state index contributed by atoms with van der Waals surface area (Å²) in [4.78, 5) is 7.01. The van der Waals surface area contributed by atoms with Crippen LogP contribution in [0, 0.1) is 6.92 Å². The van der Waals surface area contributed by atoms with Gasteiger partial charge in [-0.1, -0.05) is 0 Å². The van der Waals surface area contributed by atoms with Crippen LogP contribution in [0.2, 0.25) is 0 Å². The van der Waals surface area contributed by atoms with Gasteiger partial charge in [0.15, 0.2) is 5.96 Å². The van der Waals surface area contributed by atoms with Crippen molar-refractivity contribution in [3.05, 3.63) is 23.7 Å². The quantitative estimate of drug-likeness (QED) is 0.201. The molecule has 1 heterocycles. The Balaban J connectivity index is 0.00000676. The van der Waals surface area contributed by atoms with Crippen LogP contribution in [0.4, 0.5) is 0 Å². The summed E-state index contributed by atoms with van der Waals surface area (Å²) in [6.07, 6.45) is 1.04. The van der Waals surface area contributed by atoms with E-state index in [2.05, 4.69) is 48.2 Å². The Morgan fingerprint density at radius 2 is 1.85 bits per heavy atom. The lowest BCUT2D eigenvalue weighted by Gasteiger charge is -2.30. The van der Waals surface area contributed by atoms with Gasteiger partial charge in [0.05, 0.1) is 6.54 Å². The van der Waals surface area contributed by atoms with Crippen molar-refractivity contribution < 1.29 is 9.52 Å². The Labute approximate surface area is 182 Å². The maximum Gasteiger partial charge on any atom is 0.191 e. The van der Waals surface area contributed by atoms with Crippen LogP contribution in [0.5, 0.6) is 0 Å². The number of aliphatic hydroxyl groups is 1. The molecular formula is C20H39IN4O2. The van der Waals surface area contributed by atoms with Crippen molar-refractivity contribution in [3.63, 3.8) is 0 Å². The monoisotopic (exact) mass is 494 g/mol. The van der Waals surface area contributed by atoms with Crippen LogP contribution in [-0.2, 0) is 5.60 Å². The van der Waals surface area contributed by atoms with E-state index in [1.54, 1.807) is 13.0 Å². The third kappa shape index (κ3) is 9.30. The number of aryl methyl sites for hydroxylation is 1. The van der Waals surface area contributed by atoms with Crippen LogP contribution in [0.3, 0.4) is 0 Å². The molecule has 1 aromatic rings. The number of halogens is 1. The number of hydrogen-bond donors (Lipinski definition) is 3. The van der Waals surface area contributed by atoms with Crippen molar-refractivity contribution in [2.45, 2.75) is 72.6 Å². The molecule has 0 aliphatic rings. The fourth-order valence-electron chi connectivity index (χ4n) is 2.96. The highest BCUT2D eigenvalue weighted by Crippen LogP contribution is 2.23. The fraction of sp³-hybridized carbons (Fsp3) is 0.750. The summed E-state index contributed by atoms with van der Waals surface area (Å²) in [5.74, 6) is 2.05. The Morgan fingerprint density at radius 1 is 1.22 bits per heavy atom. The van der Waals surface area contributed by atoms with Crippen LogP contribution >= 0.6 is 24.0 Å². The molecule has 158 valence electrons. The standard InChI is InChI=1S/C20H38N4O2.HI/c1-8-21-19(22-12-9-13-24(15(2)3)16(4)5)23-14-20(7,25)18-11-10-17(6)26-18;/h10-11,15-16,25H,8-9,12-14H2,1-7H3,(H2,21,22,23);1H. The highest BCUT2D eigenvalue weighted by molar-refractivity contribution is 14.0. The number of nitrogens with one attached hydrogen (secondary N) is 2. The van der Waals surface area contributed by atoms with Crippen LogP contribution in [0.25, 0.3) is 0 Å². The van der Waals surface area contributed by atoms with Gasteiger partial charge in [-0.05, 0) is 67.0 Å². The lowest BCUT2D eigenvalue weighted by atomic mass is 10.0. The summed E-state index contributed by atoms with van der Waals surface area (Å²) in [7, 11) is 0. The molecule has 1 atom stereocenters. The third-order valence-electron chi connectivity index (χ3n) is 4.37. The van der Waals surface area contributed by atoms with Crippen molar-refractivity contribution in [1.82, 2.24) is 15.5 Å². The first-order valence-electron chi connectivity index (χ1n) is 9.74. The SMILES string of the molecule is CCNC(=NCC(C)(O)c1ccc(C)o1)NCCCN(C(C)C)C(C)C.I. The zero-order valence-corrected chi connectivity index (χ0v) is 20.3. The first kappa shape index (κ1) is 26.2. The summed E-state index contributed by atoms with van der Waals surface area (Å²) in [5.41, 5.74) is -1.12. The molecule has 0 amide bonds. The minimum absolute atomic E-state index is 0. The van der Waals surface area contributed by atoms with Crippen molar-refractivity contribution in [2.24, 2.45) is 4.99 Å². The van der Waals surface area contributed by atoms with E-state index < -0.39 is 5.60 Å². The second-order valence-electron chi connectivity index (χ2n) is 7.58. The molecule has 1 rings (SSSR count). The Bertz CT molecular complexity index is 548. The van der Waals surface area contributed by atoms with E-state index >= 15 is 0 Å². The summed E-state index contributed by atoms with van der Waals surface area (Å²) >= 11 is 0. The Morgan fingerprint density at radius 3 is 2.33 bits per heavy atom. The van der Waals surface area contributed by atoms with Crippen molar-refractivity contribution in [1.29, 1.82) is 0 Å². The molecule has 1 aromatic heterocycles. The fourth-order valence-corrected chi connectivity index (χ4v) is 2.96. The molecule has 0 fully saturated rings. The Kier molecular flexibility index (Phi) is 12.2. The van der Waals surface area contributed by atoms with Gasteiger partial charge in [0.1, 0.15) is 17.1 Å². The second-order valence-corrected chi connectivity index (χ2v) is 7.58. The Hall–Kier alpha value is -0.800. The molecule has 0 saturated carbocycles. The molecule has 6 nitrogen and oxygen atoms in total. The van der Waals surface area contributed by atoms with E-state index in [1.807, 2.05) is 19.9 Å². The van der Waals surface area contributed by atoms with Gasteiger partial charge in [0, 0.05) is 31.7 Å². The van der Waals surface area contributed by atoms with Crippen LogP contribution < -0.4 is 10.6 Å². The largest absolute Gasteiger partial charge is 0.463 e. The molecule has 0 aromatic carbocycles. The van der Waals surface area contributed by atoms with Gasteiger partial charge in [-0.2, -0.15) is 0 Å². The van der Waals surface area contributed by atoms with E-state index in [1.165, 1.54) is 0 Å². The zero-order valence-electron chi connectivity index (χ0n) is 18.0. The summed E-state index contributed by atoms with van der Waals surface area (Å²) < 4.78 is 5.54. The maximum absolute atomic E-state index is 10.6. The average molecular weight is 494 g/mol.